The van der Waals surface area contributed by atoms with Gasteiger partial charge in [-0.05, 0) is 34.2 Å². The smallest absolute Gasteiger partial charge is 0.274 e. The van der Waals surface area contributed by atoms with E-state index in [1.807, 2.05) is 0 Å². The molecule has 0 bridgehead atoms. The zero-order valence-corrected chi connectivity index (χ0v) is 9.31. The van der Waals surface area contributed by atoms with Crippen molar-refractivity contribution in [3.63, 3.8) is 0 Å². The van der Waals surface area contributed by atoms with Crippen LogP contribution in [-0.2, 0) is 0 Å². The van der Waals surface area contributed by atoms with Gasteiger partial charge in [0.2, 0.25) is 0 Å². The summed E-state index contributed by atoms with van der Waals surface area (Å²) in [5, 5.41) is -1.07. The molecule has 0 saturated carbocycles. The third-order valence-electron chi connectivity index (χ3n) is 1.35. The maximum Gasteiger partial charge on any atom is 0.281 e. The molecule has 1 aromatic heterocycles. The van der Waals surface area contributed by atoms with Gasteiger partial charge in [0.25, 0.3) is 11.7 Å². The zero-order valence-electron chi connectivity index (χ0n) is 6.40. The fraction of sp³-hybridized carbons (Fsp3) is 0.143. The molecular formula is C7H2ClF3INO. The van der Waals surface area contributed by atoms with Crippen molar-refractivity contribution in [2.24, 2.45) is 0 Å². The molecule has 1 aromatic rings. The third kappa shape index (κ3) is 2.35. The number of aromatic nitrogens is 1. The normalized spacial score (nSPS) is 10.7. The van der Waals surface area contributed by atoms with Crippen molar-refractivity contribution in [3.8, 4) is 0 Å². The van der Waals surface area contributed by atoms with Gasteiger partial charge in [-0.2, -0.15) is 0 Å². The molecule has 1 rings (SSSR count). The van der Waals surface area contributed by atoms with Gasteiger partial charge in [-0.15, -0.1) is 0 Å². The van der Waals surface area contributed by atoms with Crippen LogP contribution >= 0.6 is 34.2 Å². The Morgan fingerprint density at radius 3 is 2.57 bits per heavy atom. The average Bonchev–Trinajstić information content (AvgIpc) is 2.08. The highest BCUT2D eigenvalue weighted by molar-refractivity contribution is 14.1. The first-order valence-corrected chi connectivity index (χ1v) is 4.73. The minimum atomic E-state index is -2.94. The fourth-order valence-electron chi connectivity index (χ4n) is 0.762. The van der Waals surface area contributed by atoms with Crippen LogP contribution in [0, 0.1) is 9.39 Å². The second-order valence-corrected chi connectivity index (χ2v) is 3.68. The van der Waals surface area contributed by atoms with Crippen molar-refractivity contribution in [1.29, 1.82) is 0 Å². The predicted octanol–water partition coefficient (Wildman–Crippen LogP) is 3.14. The summed E-state index contributed by atoms with van der Waals surface area (Å²) in [5.41, 5.74) is -1.28. The second kappa shape index (κ2) is 4.43. The van der Waals surface area contributed by atoms with E-state index in [0.29, 0.717) is 0 Å². The molecule has 0 aliphatic heterocycles. The average molecular weight is 335 g/mol. The van der Waals surface area contributed by atoms with Crippen molar-refractivity contribution in [2.75, 3.05) is 0 Å². The number of halogens is 5. The lowest BCUT2D eigenvalue weighted by molar-refractivity contribution is 0.107. The molecule has 1 heterocycles. The summed E-state index contributed by atoms with van der Waals surface area (Å²) in [6.45, 7) is 0. The van der Waals surface area contributed by atoms with Crippen LogP contribution in [0.15, 0.2) is 6.07 Å². The Bertz CT molecular complexity index is 385. The van der Waals surface area contributed by atoms with E-state index < -0.39 is 28.9 Å². The maximum atomic E-state index is 13.0. The van der Waals surface area contributed by atoms with Gasteiger partial charge in [-0.1, -0.05) is 0 Å². The van der Waals surface area contributed by atoms with Crippen LogP contribution in [0.1, 0.15) is 22.6 Å². The van der Waals surface area contributed by atoms with Crippen LogP contribution in [0.4, 0.5) is 13.2 Å². The van der Waals surface area contributed by atoms with E-state index in [1.54, 1.807) is 0 Å². The summed E-state index contributed by atoms with van der Waals surface area (Å²) in [4.78, 5) is 13.8. The van der Waals surface area contributed by atoms with Crippen LogP contribution in [0.5, 0.6) is 0 Å². The fourth-order valence-corrected chi connectivity index (χ4v) is 1.37. The topological polar surface area (TPSA) is 30.0 Å². The molecule has 76 valence electrons. The van der Waals surface area contributed by atoms with Crippen molar-refractivity contribution in [1.82, 2.24) is 4.98 Å². The lowest BCUT2D eigenvalue weighted by Crippen LogP contribution is -2.04. The summed E-state index contributed by atoms with van der Waals surface area (Å²) in [6.07, 6.45) is -2.94. The highest BCUT2D eigenvalue weighted by Crippen LogP contribution is 2.25. The summed E-state index contributed by atoms with van der Waals surface area (Å²) in [7, 11) is 0. The molecule has 0 fully saturated rings. The van der Waals surface area contributed by atoms with Gasteiger partial charge in [0, 0.05) is 6.07 Å². The van der Waals surface area contributed by atoms with E-state index in [0.717, 1.165) is 6.07 Å². The van der Waals surface area contributed by atoms with Gasteiger partial charge in [0.15, 0.2) is 0 Å². The molecule has 0 aliphatic carbocycles. The SMILES string of the molecule is O=C(Cl)c1cc(F)c(I)c(C(F)F)n1. The van der Waals surface area contributed by atoms with Crippen LogP contribution in [0.25, 0.3) is 0 Å². The lowest BCUT2D eigenvalue weighted by Gasteiger charge is -2.04. The molecule has 0 N–H and O–H groups in total. The van der Waals surface area contributed by atoms with Gasteiger partial charge in [-0.3, -0.25) is 4.79 Å². The number of nitrogens with zero attached hydrogens (tertiary/aromatic N) is 1. The largest absolute Gasteiger partial charge is 0.281 e. The molecule has 0 radical (unpaired) electrons. The van der Waals surface area contributed by atoms with E-state index in [-0.39, 0.29) is 3.57 Å². The van der Waals surface area contributed by atoms with Crippen LogP contribution in [0.2, 0.25) is 0 Å². The molecule has 0 aromatic carbocycles. The van der Waals surface area contributed by atoms with Crippen molar-refractivity contribution in [3.05, 3.63) is 26.8 Å². The van der Waals surface area contributed by atoms with E-state index >= 15 is 0 Å². The minimum absolute atomic E-state index is 0.306. The molecule has 0 aliphatic rings. The van der Waals surface area contributed by atoms with Gasteiger partial charge < -0.3 is 0 Å². The van der Waals surface area contributed by atoms with Gasteiger partial charge >= 0.3 is 0 Å². The zero-order chi connectivity index (χ0) is 10.9. The monoisotopic (exact) mass is 335 g/mol. The van der Waals surface area contributed by atoms with E-state index in [4.69, 9.17) is 11.6 Å². The van der Waals surface area contributed by atoms with E-state index in [9.17, 15) is 18.0 Å². The first kappa shape index (κ1) is 11.7. The summed E-state index contributed by atoms with van der Waals surface area (Å²) >= 11 is 6.38. The Hall–Kier alpha value is -0.370. The minimum Gasteiger partial charge on any atom is -0.274 e. The summed E-state index contributed by atoms with van der Waals surface area (Å²) < 4.78 is 37.2. The number of pyridine rings is 1. The molecule has 0 saturated heterocycles. The molecule has 0 spiro atoms. The Balaban J connectivity index is 3.35. The Morgan fingerprint density at radius 1 is 1.57 bits per heavy atom. The lowest BCUT2D eigenvalue weighted by atomic mass is 10.3. The molecule has 0 amide bonds. The van der Waals surface area contributed by atoms with Gasteiger partial charge in [-0.25, -0.2) is 18.2 Å². The molecule has 0 atom stereocenters. The first-order chi connectivity index (χ1) is 6.43. The second-order valence-electron chi connectivity index (χ2n) is 2.26. The van der Waals surface area contributed by atoms with Crippen LogP contribution < -0.4 is 0 Å². The number of carbonyl (C=O) groups is 1. The highest BCUT2D eigenvalue weighted by Gasteiger charge is 2.20. The van der Waals surface area contributed by atoms with Crippen molar-refractivity contribution < 1.29 is 18.0 Å². The van der Waals surface area contributed by atoms with Crippen LogP contribution in [-0.4, -0.2) is 10.2 Å². The quantitative estimate of drug-likeness (QED) is 0.614. The number of hydrogen-bond acceptors (Lipinski definition) is 2. The van der Waals surface area contributed by atoms with Gasteiger partial charge in [0.1, 0.15) is 17.2 Å². The standard InChI is InChI=1S/C7H2ClF3INO/c8-6(14)3-1-2(9)4(12)5(13-3)7(10)11/h1,7H. The molecule has 0 unspecified atom stereocenters. The van der Waals surface area contributed by atoms with Crippen molar-refractivity contribution in [2.45, 2.75) is 6.43 Å². The Kier molecular flexibility index (Phi) is 3.71. The highest BCUT2D eigenvalue weighted by atomic mass is 127. The first-order valence-electron chi connectivity index (χ1n) is 3.27. The molecular weight excluding hydrogens is 333 g/mol. The Morgan fingerprint density at radius 2 is 2.14 bits per heavy atom. The van der Waals surface area contributed by atoms with Crippen molar-refractivity contribution >= 4 is 39.4 Å². The number of hydrogen-bond donors (Lipinski definition) is 0. The number of carbonyl (C=O) groups excluding carboxylic acids is 1. The van der Waals surface area contributed by atoms with E-state index in [1.165, 1.54) is 22.6 Å². The molecule has 14 heavy (non-hydrogen) atoms. The van der Waals surface area contributed by atoms with E-state index in [2.05, 4.69) is 4.98 Å². The van der Waals surface area contributed by atoms with Crippen LogP contribution in [0.3, 0.4) is 0 Å². The predicted molar refractivity (Wildman–Crippen MR) is 52.1 cm³/mol. The van der Waals surface area contributed by atoms with Gasteiger partial charge in [0.05, 0.1) is 3.57 Å². The number of alkyl halides is 2. The third-order valence-corrected chi connectivity index (χ3v) is 2.61. The Labute approximate surface area is 95.6 Å². The maximum absolute atomic E-state index is 13.0. The molecule has 2 nitrogen and oxygen atoms in total. The number of rotatable bonds is 2. The molecule has 7 heteroatoms. The summed E-state index contributed by atoms with van der Waals surface area (Å²) in [5.74, 6) is -0.931. The summed E-state index contributed by atoms with van der Waals surface area (Å²) in [6, 6.07) is 0.725.